The second-order valence-electron chi connectivity index (χ2n) is 4.55. The highest BCUT2D eigenvalue weighted by molar-refractivity contribution is 5.29. The Balaban J connectivity index is 3.26. The maximum atomic E-state index is 4.67. The summed E-state index contributed by atoms with van der Waals surface area (Å²) in [5.41, 5.74) is 3.63. The number of hydrogen-bond acceptors (Lipinski definition) is 3. The lowest BCUT2D eigenvalue weighted by Crippen LogP contribution is -2.18. The van der Waals surface area contributed by atoms with Gasteiger partial charge in [-0.05, 0) is 38.8 Å². The van der Waals surface area contributed by atoms with Crippen LogP contribution in [0.4, 0.5) is 0 Å². The van der Waals surface area contributed by atoms with E-state index < -0.39 is 0 Å². The zero-order chi connectivity index (χ0) is 12.3. The Kier molecular flexibility index (Phi) is 4.42. The molecule has 3 heteroatoms. The lowest BCUT2D eigenvalue weighted by Gasteiger charge is -2.17. The SMILES string of the molecule is CCc1nc([C@H](C)NC)nc(C)c1C(C)C. The van der Waals surface area contributed by atoms with Crippen molar-refractivity contribution >= 4 is 0 Å². The fourth-order valence-electron chi connectivity index (χ4n) is 2.01. The molecule has 0 radical (unpaired) electrons. The van der Waals surface area contributed by atoms with Gasteiger partial charge in [0.15, 0.2) is 0 Å². The molecule has 0 fully saturated rings. The number of aromatic nitrogens is 2. The fourth-order valence-corrected chi connectivity index (χ4v) is 2.01. The first-order valence-corrected chi connectivity index (χ1v) is 6.05. The third-order valence-electron chi connectivity index (χ3n) is 2.97. The highest BCUT2D eigenvalue weighted by atomic mass is 15.0. The van der Waals surface area contributed by atoms with Gasteiger partial charge in [0.05, 0.1) is 6.04 Å². The average molecular weight is 221 g/mol. The second kappa shape index (κ2) is 5.39. The Morgan fingerprint density at radius 3 is 2.25 bits per heavy atom. The van der Waals surface area contributed by atoms with Gasteiger partial charge in [0.25, 0.3) is 0 Å². The third kappa shape index (κ3) is 2.59. The van der Waals surface area contributed by atoms with Crippen LogP contribution in [0.3, 0.4) is 0 Å². The van der Waals surface area contributed by atoms with E-state index in [9.17, 15) is 0 Å². The number of nitrogens with zero attached hydrogens (tertiary/aromatic N) is 2. The summed E-state index contributed by atoms with van der Waals surface area (Å²) in [7, 11) is 1.94. The summed E-state index contributed by atoms with van der Waals surface area (Å²) in [4.78, 5) is 9.27. The Labute approximate surface area is 98.7 Å². The monoisotopic (exact) mass is 221 g/mol. The molecule has 1 atom stereocenters. The molecular weight excluding hydrogens is 198 g/mol. The molecule has 1 rings (SSSR count). The first-order valence-electron chi connectivity index (χ1n) is 6.05. The number of hydrogen-bond donors (Lipinski definition) is 1. The molecule has 1 heterocycles. The largest absolute Gasteiger partial charge is 0.311 e. The molecule has 16 heavy (non-hydrogen) atoms. The van der Waals surface area contributed by atoms with Gasteiger partial charge in [-0.25, -0.2) is 9.97 Å². The molecule has 1 aromatic rings. The van der Waals surface area contributed by atoms with Crippen LogP contribution in [0.5, 0.6) is 0 Å². The second-order valence-corrected chi connectivity index (χ2v) is 4.55. The van der Waals surface area contributed by atoms with Gasteiger partial charge < -0.3 is 5.32 Å². The molecule has 0 aromatic carbocycles. The van der Waals surface area contributed by atoms with Gasteiger partial charge >= 0.3 is 0 Å². The first kappa shape index (κ1) is 13.1. The molecule has 3 nitrogen and oxygen atoms in total. The van der Waals surface area contributed by atoms with E-state index in [0.29, 0.717) is 5.92 Å². The van der Waals surface area contributed by atoms with Crippen molar-refractivity contribution in [1.29, 1.82) is 0 Å². The molecule has 0 aliphatic carbocycles. The average Bonchev–Trinajstić information content (AvgIpc) is 2.26. The topological polar surface area (TPSA) is 37.8 Å². The summed E-state index contributed by atoms with van der Waals surface area (Å²) in [6.07, 6.45) is 0.973. The molecule has 0 aliphatic rings. The van der Waals surface area contributed by atoms with Crippen LogP contribution in [0.1, 0.15) is 62.4 Å². The van der Waals surface area contributed by atoms with Gasteiger partial charge in [-0.3, -0.25) is 0 Å². The summed E-state index contributed by atoms with van der Waals surface area (Å²) in [6, 6.07) is 0.213. The van der Waals surface area contributed by atoms with E-state index in [4.69, 9.17) is 0 Å². The third-order valence-corrected chi connectivity index (χ3v) is 2.97. The van der Waals surface area contributed by atoms with Crippen LogP contribution >= 0.6 is 0 Å². The zero-order valence-electron chi connectivity index (χ0n) is 11.3. The lowest BCUT2D eigenvalue weighted by molar-refractivity contribution is 0.598. The first-order chi connectivity index (χ1) is 7.51. The van der Waals surface area contributed by atoms with Crippen molar-refractivity contribution in [2.24, 2.45) is 0 Å². The fraction of sp³-hybridized carbons (Fsp3) is 0.692. The molecular formula is C13H23N3. The highest BCUT2D eigenvalue weighted by Crippen LogP contribution is 2.23. The van der Waals surface area contributed by atoms with E-state index in [1.807, 2.05) is 7.05 Å². The maximum absolute atomic E-state index is 4.67. The van der Waals surface area contributed by atoms with Crippen LogP contribution in [0, 0.1) is 6.92 Å². The van der Waals surface area contributed by atoms with Crippen LogP contribution in [0.15, 0.2) is 0 Å². The van der Waals surface area contributed by atoms with Crippen LogP contribution in [-0.2, 0) is 6.42 Å². The summed E-state index contributed by atoms with van der Waals surface area (Å²) in [5.74, 6) is 1.40. The van der Waals surface area contributed by atoms with E-state index in [0.717, 1.165) is 17.9 Å². The number of nitrogens with one attached hydrogen (secondary N) is 1. The van der Waals surface area contributed by atoms with Crippen LogP contribution in [-0.4, -0.2) is 17.0 Å². The van der Waals surface area contributed by atoms with E-state index in [-0.39, 0.29) is 6.04 Å². The molecule has 0 saturated heterocycles. The van der Waals surface area contributed by atoms with Crippen molar-refractivity contribution in [3.05, 3.63) is 22.8 Å². The summed E-state index contributed by atoms with van der Waals surface area (Å²) in [6.45, 7) is 10.7. The molecule has 1 N–H and O–H groups in total. The van der Waals surface area contributed by atoms with Crippen molar-refractivity contribution in [2.75, 3.05) is 7.05 Å². The quantitative estimate of drug-likeness (QED) is 0.849. The predicted molar refractivity (Wildman–Crippen MR) is 67.7 cm³/mol. The number of aryl methyl sites for hydroxylation is 2. The van der Waals surface area contributed by atoms with Crippen LogP contribution < -0.4 is 5.32 Å². The van der Waals surface area contributed by atoms with Gasteiger partial charge in [0, 0.05) is 11.4 Å². The minimum atomic E-state index is 0.213. The molecule has 0 unspecified atom stereocenters. The molecule has 1 aromatic heterocycles. The smallest absolute Gasteiger partial charge is 0.145 e. The van der Waals surface area contributed by atoms with Gasteiger partial charge in [0.1, 0.15) is 5.82 Å². The van der Waals surface area contributed by atoms with Gasteiger partial charge in [-0.1, -0.05) is 20.8 Å². The van der Waals surface area contributed by atoms with Crippen LogP contribution in [0.25, 0.3) is 0 Å². The summed E-state index contributed by atoms with van der Waals surface area (Å²) < 4.78 is 0. The number of rotatable bonds is 4. The van der Waals surface area contributed by atoms with E-state index in [1.165, 1.54) is 11.3 Å². The minimum absolute atomic E-state index is 0.213. The Bertz CT molecular complexity index is 358. The Morgan fingerprint density at radius 2 is 1.81 bits per heavy atom. The Hall–Kier alpha value is -0.960. The molecule has 0 spiro atoms. The van der Waals surface area contributed by atoms with Crippen molar-refractivity contribution in [2.45, 2.75) is 53.0 Å². The zero-order valence-corrected chi connectivity index (χ0v) is 11.3. The van der Waals surface area contributed by atoms with Crippen molar-refractivity contribution in [1.82, 2.24) is 15.3 Å². The molecule has 0 aliphatic heterocycles. The molecule has 0 amide bonds. The van der Waals surface area contributed by atoms with E-state index in [1.54, 1.807) is 0 Å². The van der Waals surface area contributed by atoms with Crippen molar-refractivity contribution < 1.29 is 0 Å². The molecule has 90 valence electrons. The minimum Gasteiger partial charge on any atom is -0.311 e. The summed E-state index contributed by atoms with van der Waals surface area (Å²) >= 11 is 0. The highest BCUT2D eigenvalue weighted by Gasteiger charge is 2.15. The van der Waals surface area contributed by atoms with Crippen molar-refractivity contribution in [3.8, 4) is 0 Å². The van der Waals surface area contributed by atoms with Gasteiger partial charge in [-0.2, -0.15) is 0 Å². The molecule has 0 bridgehead atoms. The standard InChI is InChI=1S/C13H23N3/c1-7-11-12(8(2)3)9(4)15-13(16-11)10(5)14-6/h8,10,14H,7H2,1-6H3/t10-/m0/s1. The summed E-state index contributed by atoms with van der Waals surface area (Å²) in [5, 5.41) is 3.18. The lowest BCUT2D eigenvalue weighted by atomic mass is 9.98. The van der Waals surface area contributed by atoms with E-state index >= 15 is 0 Å². The van der Waals surface area contributed by atoms with Gasteiger partial charge in [-0.15, -0.1) is 0 Å². The van der Waals surface area contributed by atoms with Gasteiger partial charge in [0.2, 0.25) is 0 Å². The Morgan fingerprint density at radius 1 is 1.19 bits per heavy atom. The predicted octanol–water partition coefficient (Wildman–Crippen LogP) is 2.75. The maximum Gasteiger partial charge on any atom is 0.145 e. The van der Waals surface area contributed by atoms with E-state index in [2.05, 4.69) is 49.9 Å². The van der Waals surface area contributed by atoms with Crippen molar-refractivity contribution in [3.63, 3.8) is 0 Å². The normalized spacial score (nSPS) is 13.2. The molecule has 0 saturated carbocycles. The van der Waals surface area contributed by atoms with Crippen LogP contribution in [0.2, 0.25) is 0 Å².